The lowest BCUT2D eigenvalue weighted by atomic mass is 9.96. The molecule has 124 valence electrons. The third-order valence-corrected chi connectivity index (χ3v) is 5.82. The zero-order chi connectivity index (χ0) is 17.3. The number of aryl methyl sites for hydroxylation is 1. The van der Waals surface area contributed by atoms with Crippen molar-refractivity contribution in [1.82, 2.24) is 0 Å². The summed E-state index contributed by atoms with van der Waals surface area (Å²) in [7, 11) is 1.43. The van der Waals surface area contributed by atoms with E-state index in [1.165, 1.54) is 23.3 Å². The number of amides is 1. The summed E-state index contributed by atoms with van der Waals surface area (Å²) in [6, 6.07) is 5.34. The van der Waals surface area contributed by atoms with E-state index in [4.69, 9.17) is 27.9 Å². The number of ether oxygens (including phenoxy) is 1. The molecule has 0 radical (unpaired) electrons. The highest BCUT2D eigenvalue weighted by atomic mass is 35.5. The Hall–Kier alpha value is -1.74. The molecule has 7 heteroatoms. The van der Waals surface area contributed by atoms with E-state index in [0.29, 0.717) is 15.6 Å². The first-order valence-corrected chi connectivity index (χ1v) is 9.02. The van der Waals surface area contributed by atoms with Crippen LogP contribution in [-0.2, 0) is 12.8 Å². The Morgan fingerprint density at radius 3 is 2.71 bits per heavy atom. The van der Waals surface area contributed by atoms with Crippen molar-refractivity contribution in [3.05, 3.63) is 43.7 Å². The van der Waals surface area contributed by atoms with Gasteiger partial charge in [0.2, 0.25) is 0 Å². The predicted octanol–water partition coefficient (Wildman–Crippen LogP) is 5.07. The van der Waals surface area contributed by atoms with Gasteiger partial charge in [-0.05, 0) is 43.4 Å². The minimum atomic E-state index is -0.436. The average Bonchev–Trinajstić information content (AvgIpc) is 2.93. The maximum Gasteiger partial charge on any atom is 0.261 e. The van der Waals surface area contributed by atoms with Crippen LogP contribution in [0.5, 0.6) is 5.75 Å². The molecular weight excluding hydrogens is 367 g/mol. The molecule has 3 rings (SSSR count). The van der Waals surface area contributed by atoms with Gasteiger partial charge in [0.05, 0.1) is 22.7 Å². The minimum Gasteiger partial charge on any atom is -0.494 e. The summed E-state index contributed by atoms with van der Waals surface area (Å²) in [6.45, 7) is 0. The van der Waals surface area contributed by atoms with Crippen molar-refractivity contribution in [3.63, 3.8) is 0 Å². The van der Waals surface area contributed by atoms with Gasteiger partial charge >= 0.3 is 0 Å². The number of nitrogens with zero attached hydrogens (tertiary/aromatic N) is 1. The van der Waals surface area contributed by atoms with Crippen molar-refractivity contribution < 1.29 is 9.53 Å². The Morgan fingerprint density at radius 1 is 1.29 bits per heavy atom. The smallest absolute Gasteiger partial charge is 0.261 e. The fourth-order valence-corrected chi connectivity index (χ4v) is 4.59. The van der Waals surface area contributed by atoms with E-state index in [1.807, 2.05) is 0 Å². The molecule has 0 aliphatic heterocycles. The van der Waals surface area contributed by atoms with Gasteiger partial charge in [0.25, 0.3) is 5.91 Å². The summed E-state index contributed by atoms with van der Waals surface area (Å²) in [5, 5.41) is 13.4. The zero-order valence-electron chi connectivity index (χ0n) is 12.9. The van der Waals surface area contributed by atoms with Crippen molar-refractivity contribution in [3.8, 4) is 11.8 Å². The van der Waals surface area contributed by atoms with Crippen LogP contribution in [0, 0.1) is 11.3 Å². The molecule has 1 amide bonds. The summed E-state index contributed by atoms with van der Waals surface area (Å²) in [5.74, 6) is -0.212. The molecule has 1 heterocycles. The van der Waals surface area contributed by atoms with E-state index in [-0.39, 0.29) is 16.3 Å². The lowest BCUT2D eigenvalue weighted by Gasteiger charge is -2.12. The van der Waals surface area contributed by atoms with Crippen LogP contribution in [0.15, 0.2) is 12.1 Å². The standard InChI is InChI=1S/C17H14Cl2N2O2S/c1-23-15-12(19)7-6-11(18)14(15)16(22)21-17-10(8-20)9-4-2-3-5-13(9)24-17/h6-7H,2-5H2,1H3,(H,21,22). The summed E-state index contributed by atoms with van der Waals surface area (Å²) < 4.78 is 5.21. The topological polar surface area (TPSA) is 62.1 Å². The molecule has 0 fully saturated rings. The molecule has 2 aromatic rings. The van der Waals surface area contributed by atoms with Crippen LogP contribution >= 0.6 is 34.5 Å². The Morgan fingerprint density at radius 2 is 2.00 bits per heavy atom. The van der Waals surface area contributed by atoms with E-state index in [2.05, 4.69) is 11.4 Å². The zero-order valence-corrected chi connectivity index (χ0v) is 15.2. The highest BCUT2D eigenvalue weighted by Gasteiger charge is 2.25. The Labute approximate surface area is 154 Å². The van der Waals surface area contributed by atoms with Crippen LogP contribution in [-0.4, -0.2) is 13.0 Å². The molecular formula is C17H14Cl2N2O2S. The Bertz CT molecular complexity index is 855. The molecule has 1 N–H and O–H groups in total. The monoisotopic (exact) mass is 380 g/mol. The number of thiophene rings is 1. The number of rotatable bonds is 3. The summed E-state index contributed by atoms with van der Waals surface area (Å²) in [4.78, 5) is 13.9. The van der Waals surface area contributed by atoms with E-state index in [9.17, 15) is 10.1 Å². The van der Waals surface area contributed by atoms with E-state index in [1.54, 1.807) is 12.1 Å². The molecule has 0 saturated carbocycles. The van der Waals surface area contributed by atoms with Crippen LogP contribution in [0.25, 0.3) is 0 Å². The van der Waals surface area contributed by atoms with Gasteiger partial charge in [-0.3, -0.25) is 4.79 Å². The van der Waals surface area contributed by atoms with Crippen molar-refractivity contribution in [2.75, 3.05) is 12.4 Å². The highest BCUT2D eigenvalue weighted by molar-refractivity contribution is 7.16. The maximum atomic E-state index is 12.7. The lowest BCUT2D eigenvalue weighted by Crippen LogP contribution is -2.14. The van der Waals surface area contributed by atoms with Gasteiger partial charge in [0.1, 0.15) is 16.6 Å². The third kappa shape index (κ3) is 2.98. The molecule has 4 nitrogen and oxygen atoms in total. The molecule has 0 saturated heterocycles. The number of methoxy groups -OCH3 is 1. The first-order valence-electron chi connectivity index (χ1n) is 7.44. The number of carbonyl (C=O) groups is 1. The third-order valence-electron chi connectivity index (χ3n) is 4.00. The number of anilines is 1. The highest BCUT2D eigenvalue weighted by Crippen LogP contribution is 2.39. The summed E-state index contributed by atoms with van der Waals surface area (Å²) in [6.07, 6.45) is 4.01. The SMILES string of the molecule is COc1c(Cl)ccc(Cl)c1C(=O)Nc1sc2c(c1C#N)CCCC2. The Balaban J connectivity index is 1.99. The second-order valence-electron chi connectivity index (χ2n) is 5.42. The Kier molecular flexibility index (Phi) is 5.00. The first-order chi connectivity index (χ1) is 11.6. The number of nitrogens with one attached hydrogen (secondary N) is 1. The quantitative estimate of drug-likeness (QED) is 0.808. The normalized spacial score (nSPS) is 13.1. The van der Waals surface area contributed by atoms with Gasteiger partial charge in [-0.1, -0.05) is 23.2 Å². The number of benzene rings is 1. The van der Waals surface area contributed by atoms with Crippen molar-refractivity contribution >= 4 is 45.4 Å². The van der Waals surface area contributed by atoms with Gasteiger partial charge in [-0.25, -0.2) is 0 Å². The number of carbonyl (C=O) groups excluding carboxylic acids is 1. The molecule has 0 bridgehead atoms. The van der Waals surface area contributed by atoms with E-state index < -0.39 is 5.91 Å². The molecule has 24 heavy (non-hydrogen) atoms. The molecule has 1 aliphatic carbocycles. The average molecular weight is 381 g/mol. The number of hydrogen-bond donors (Lipinski definition) is 1. The van der Waals surface area contributed by atoms with Crippen molar-refractivity contribution in [2.45, 2.75) is 25.7 Å². The number of nitriles is 1. The molecule has 1 aromatic carbocycles. The van der Waals surface area contributed by atoms with Gasteiger partial charge in [0.15, 0.2) is 5.75 Å². The molecule has 0 atom stereocenters. The molecule has 0 unspecified atom stereocenters. The number of halogens is 2. The molecule has 0 spiro atoms. The summed E-state index contributed by atoms with van der Waals surface area (Å²) >= 11 is 13.7. The van der Waals surface area contributed by atoms with E-state index in [0.717, 1.165) is 31.2 Å². The lowest BCUT2D eigenvalue weighted by molar-refractivity contribution is 0.102. The fraction of sp³-hybridized carbons (Fsp3) is 0.294. The number of fused-ring (bicyclic) bond motifs is 1. The second kappa shape index (κ2) is 7.02. The van der Waals surface area contributed by atoms with Crippen LogP contribution in [0.3, 0.4) is 0 Å². The first kappa shape index (κ1) is 17.1. The van der Waals surface area contributed by atoms with Crippen molar-refractivity contribution in [1.29, 1.82) is 5.26 Å². The van der Waals surface area contributed by atoms with Gasteiger partial charge in [0, 0.05) is 4.88 Å². The van der Waals surface area contributed by atoms with Gasteiger partial charge < -0.3 is 10.1 Å². The van der Waals surface area contributed by atoms with Gasteiger partial charge in [-0.2, -0.15) is 5.26 Å². The second-order valence-corrected chi connectivity index (χ2v) is 7.34. The van der Waals surface area contributed by atoms with Crippen LogP contribution in [0.2, 0.25) is 10.0 Å². The van der Waals surface area contributed by atoms with Crippen molar-refractivity contribution in [2.24, 2.45) is 0 Å². The predicted molar refractivity (Wildman–Crippen MR) is 96.6 cm³/mol. The molecule has 1 aromatic heterocycles. The van der Waals surface area contributed by atoms with Gasteiger partial charge in [-0.15, -0.1) is 11.3 Å². The van der Waals surface area contributed by atoms with E-state index >= 15 is 0 Å². The minimum absolute atomic E-state index is 0.168. The van der Waals surface area contributed by atoms with Crippen LogP contribution in [0.4, 0.5) is 5.00 Å². The summed E-state index contributed by atoms with van der Waals surface area (Å²) in [5.41, 5.74) is 1.79. The maximum absolute atomic E-state index is 12.7. The van der Waals surface area contributed by atoms with Crippen LogP contribution < -0.4 is 10.1 Å². The largest absolute Gasteiger partial charge is 0.494 e. The fourth-order valence-electron chi connectivity index (χ4n) is 2.88. The number of hydrogen-bond acceptors (Lipinski definition) is 4. The molecule has 1 aliphatic rings. The van der Waals surface area contributed by atoms with Crippen LogP contribution in [0.1, 0.15) is 39.2 Å².